The van der Waals surface area contributed by atoms with Crippen molar-refractivity contribution >= 4 is 22.5 Å². The van der Waals surface area contributed by atoms with Crippen molar-refractivity contribution in [2.45, 2.75) is 31.7 Å². The number of amides is 1. The number of aromatic nitrogens is 1. The standard InChI is InChI=1S/C20H25N3O2/c24-20(22-16-8-13-25-14-9-16)15-6-11-23(12-7-15)19-5-10-21-18-4-2-1-3-17(18)19/h1-5,10,15-16H,6-9,11-14H2,(H,22,24). The van der Waals surface area contributed by atoms with Crippen LogP contribution in [0.2, 0.25) is 0 Å². The topological polar surface area (TPSA) is 54.5 Å². The molecule has 2 aliphatic rings. The van der Waals surface area contributed by atoms with Crippen LogP contribution < -0.4 is 10.2 Å². The van der Waals surface area contributed by atoms with E-state index < -0.39 is 0 Å². The number of carbonyl (C=O) groups is 1. The highest BCUT2D eigenvalue weighted by Gasteiger charge is 2.27. The molecule has 4 rings (SSSR count). The maximum Gasteiger partial charge on any atom is 0.223 e. The van der Waals surface area contributed by atoms with E-state index in [4.69, 9.17) is 4.74 Å². The number of rotatable bonds is 3. The van der Waals surface area contributed by atoms with E-state index in [1.165, 1.54) is 11.1 Å². The van der Waals surface area contributed by atoms with Crippen LogP contribution in [-0.4, -0.2) is 43.2 Å². The van der Waals surface area contributed by atoms with E-state index in [9.17, 15) is 4.79 Å². The van der Waals surface area contributed by atoms with Gasteiger partial charge in [0.05, 0.1) is 5.52 Å². The van der Waals surface area contributed by atoms with Crippen LogP contribution in [0.15, 0.2) is 36.5 Å². The lowest BCUT2D eigenvalue weighted by Crippen LogP contribution is -2.45. The number of carbonyl (C=O) groups excluding carboxylic acids is 1. The fourth-order valence-corrected chi connectivity index (χ4v) is 3.90. The number of benzene rings is 1. The van der Waals surface area contributed by atoms with E-state index in [0.717, 1.165) is 57.5 Å². The highest BCUT2D eigenvalue weighted by Crippen LogP contribution is 2.29. The normalized spacial score (nSPS) is 19.9. The summed E-state index contributed by atoms with van der Waals surface area (Å²) in [5, 5.41) is 4.42. The van der Waals surface area contributed by atoms with Gasteiger partial charge in [0.2, 0.25) is 5.91 Å². The van der Waals surface area contributed by atoms with Crippen LogP contribution in [0, 0.1) is 5.92 Å². The van der Waals surface area contributed by atoms with Crippen molar-refractivity contribution in [3.63, 3.8) is 0 Å². The van der Waals surface area contributed by atoms with Crippen molar-refractivity contribution in [2.75, 3.05) is 31.2 Å². The van der Waals surface area contributed by atoms with Gasteiger partial charge in [0.15, 0.2) is 0 Å². The Morgan fingerprint density at radius 2 is 1.84 bits per heavy atom. The van der Waals surface area contributed by atoms with Gasteiger partial charge in [0, 0.05) is 55.5 Å². The molecule has 5 heteroatoms. The summed E-state index contributed by atoms with van der Waals surface area (Å²) in [5.41, 5.74) is 2.26. The lowest BCUT2D eigenvalue weighted by atomic mass is 9.94. The number of para-hydroxylation sites is 1. The van der Waals surface area contributed by atoms with Gasteiger partial charge in [-0.2, -0.15) is 0 Å². The van der Waals surface area contributed by atoms with Gasteiger partial charge in [0.1, 0.15) is 0 Å². The van der Waals surface area contributed by atoms with Gasteiger partial charge in [-0.25, -0.2) is 0 Å². The van der Waals surface area contributed by atoms with E-state index >= 15 is 0 Å². The molecule has 2 aliphatic heterocycles. The quantitative estimate of drug-likeness (QED) is 0.934. The molecule has 2 saturated heterocycles. The largest absolute Gasteiger partial charge is 0.381 e. The Balaban J connectivity index is 1.38. The fraction of sp³-hybridized carbons (Fsp3) is 0.500. The fourth-order valence-electron chi connectivity index (χ4n) is 3.90. The second kappa shape index (κ2) is 7.40. The first-order chi connectivity index (χ1) is 12.3. The minimum atomic E-state index is 0.132. The van der Waals surface area contributed by atoms with Crippen LogP contribution in [0.25, 0.3) is 10.9 Å². The van der Waals surface area contributed by atoms with Crippen molar-refractivity contribution in [1.82, 2.24) is 10.3 Å². The predicted molar refractivity (Wildman–Crippen MR) is 98.7 cm³/mol. The van der Waals surface area contributed by atoms with Gasteiger partial charge in [-0.15, -0.1) is 0 Å². The molecular formula is C20H25N3O2. The molecule has 2 aromatic rings. The summed E-state index contributed by atoms with van der Waals surface area (Å²) in [4.78, 5) is 19.4. The Bertz CT molecular complexity index is 729. The summed E-state index contributed by atoms with van der Waals surface area (Å²) in [5.74, 6) is 0.360. The smallest absolute Gasteiger partial charge is 0.223 e. The zero-order chi connectivity index (χ0) is 17.1. The molecule has 0 saturated carbocycles. The second-order valence-electron chi connectivity index (χ2n) is 7.00. The van der Waals surface area contributed by atoms with E-state index in [1.54, 1.807) is 0 Å². The number of nitrogens with zero attached hydrogens (tertiary/aromatic N) is 2. The van der Waals surface area contributed by atoms with Crippen LogP contribution in [0.4, 0.5) is 5.69 Å². The summed E-state index contributed by atoms with van der Waals surface area (Å²) in [6.45, 7) is 3.36. The minimum Gasteiger partial charge on any atom is -0.381 e. The zero-order valence-corrected chi connectivity index (χ0v) is 14.5. The highest BCUT2D eigenvalue weighted by atomic mass is 16.5. The Labute approximate surface area is 148 Å². The van der Waals surface area contributed by atoms with Gasteiger partial charge in [0.25, 0.3) is 0 Å². The summed E-state index contributed by atoms with van der Waals surface area (Å²) in [7, 11) is 0. The van der Waals surface area contributed by atoms with E-state index in [1.807, 2.05) is 18.3 Å². The lowest BCUT2D eigenvalue weighted by molar-refractivity contribution is -0.126. The number of hydrogen-bond acceptors (Lipinski definition) is 4. The molecule has 132 valence electrons. The second-order valence-corrected chi connectivity index (χ2v) is 7.00. The molecule has 2 fully saturated rings. The number of nitrogens with one attached hydrogen (secondary N) is 1. The molecule has 0 spiro atoms. The average Bonchev–Trinajstić information content (AvgIpc) is 2.68. The van der Waals surface area contributed by atoms with Crippen LogP contribution in [0.5, 0.6) is 0 Å². The molecule has 0 bridgehead atoms. The number of piperidine rings is 1. The molecule has 0 radical (unpaired) electrons. The average molecular weight is 339 g/mol. The van der Waals surface area contributed by atoms with Crippen molar-refractivity contribution < 1.29 is 9.53 Å². The molecule has 0 atom stereocenters. The van der Waals surface area contributed by atoms with E-state index in [0.29, 0.717) is 6.04 Å². The zero-order valence-electron chi connectivity index (χ0n) is 14.5. The van der Waals surface area contributed by atoms with Gasteiger partial charge in [-0.1, -0.05) is 18.2 Å². The van der Waals surface area contributed by atoms with E-state index in [-0.39, 0.29) is 11.8 Å². The minimum absolute atomic E-state index is 0.132. The molecular weight excluding hydrogens is 314 g/mol. The van der Waals surface area contributed by atoms with Gasteiger partial charge < -0.3 is 15.0 Å². The third-order valence-corrected chi connectivity index (χ3v) is 5.40. The molecule has 3 heterocycles. The third kappa shape index (κ3) is 3.61. The number of pyridine rings is 1. The number of ether oxygens (including phenoxy) is 1. The third-order valence-electron chi connectivity index (χ3n) is 5.40. The van der Waals surface area contributed by atoms with Crippen LogP contribution in [0.3, 0.4) is 0 Å². The Hall–Kier alpha value is -2.14. The Kier molecular flexibility index (Phi) is 4.83. The van der Waals surface area contributed by atoms with Crippen molar-refractivity contribution in [1.29, 1.82) is 0 Å². The number of fused-ring (bicyclic) bond motifs is 1. The number of hydrogen-bond donors (Lipinski definition) is 1. The molecule has 0 unspecified atom stereocenters. The van der Waals surface area contributed by atoms with Crippen molar-refractivity contribution in [3.05, 3.63) is 36.5 Å². The first-order valence-corrected chi connectivity index (χ1v) is 9.28. The molecule has 1 amide bonds. The van der Waals surface area contributed by atoms with Crippen LogP contribution in [-0.2, 0) is 9.53 Å². The SMILES string of the molecule is O=C(NC1CCOCC1)C1CCN(c2ccnc3ccccc23)CC1. The molecule has 25 heavy (non-hydrogen) atoms. The summed E-state index contributed by atoms with van der Waals surface area (Å²) in [6, 6.07) is 10.6. The molecule has 0 aliphatic carbocycles. The molecule has 1 aromatic carbocycles. The molecule has 1 N–H and O–H groups in total. The van der Waals surface area contributed by atoms with Crippen molar-refractivity contribution in [2.24, 2.45) is 5.92 Å². The predicted octanol–water partition coefficient (Wildman–Crippen LogP) is 2.75. The first kappa shape index (κ1) is 16.3. The Morgan fingerprint density at radius 1 is 1.08 bits per heavy atom. The first-order valence-electron chi connectivity index (χ1n) is 9.28. The molecule has 5 nitrogen and oxygen atoms in total. The lowest BCUT2D eigenvalue weighted by Gasteiger charge is -2.34. The highest BCUT2D eigenvalue weighted by molar-refractivity contribution is 5.91. The van der Waals surface area contributed by atoms with Crippen LogP contribution >= 0.6 is 0 Å². The maximum atomic E-state index is 12.5. The summed E-state index contributed by atoms with van der Waals surface area (Å²) in [6.07, 6.45) is 5.57. The van der Waals surface area contributed by atoms with Gasteiger partial charge in [-0.05, 0) is 37.8 Å². The maximum absolute atomic E-state index is 12.5. The Morgan fingerprint density at radius 3 is 2.64 bits per heavy atom. The van der Waals surface area contributed by atoms with E-state index in [2.05, 4.69) is 33.4 Å². The van der Waals surface area contributed by atoms with Gasteiger partial charge in [-0.3, -0.25) is 9.78 Å². The van der Waals surface area contributed by atoms with Gasteiger partial charge >= 0.3 is 0 Å². The number of anilines is 1. The molecule has 1 aromatic heterocycles. The summed E-state index contributed by atoms with van der Waals surface area (Å²) >= 11 is 0. The van der Waals surface area contributed by atoms with Crippen LogP contribution in [0.1, 0.15) is 25.7 Å². The monoisotopic (exact) mass is 339 g/mol. The van der Waals surface area contributed by atoms with Crippen molar-refractivity contribution in [3.8, 4) is 0 Å². The summed E-state index contributed by atoms with van der Waals surface area (Å²) < 4.78 is 5.36.